The van der Waals surface area contributed by atoms with Gasteiger partial charge < -0.3 is 14.0 Å². The molecule has 0 radical (unpaired) electrons. The van der Waals surface area contributed by atoms with Crippen LogP contribution in [0.1, 0.15) is 44.9 Å². The van der Waals surface area contributed by atoms with E-state index < -0.39 is 0 Å². The van der Waals surface area contributed by atoms with Crippen LogP contribution < -0.4 is 0 Å². The second kappa shape index (κ2) is 5.36. The van der Waals surface area contributed by atoms with Crippen LogP contribution in [-0.2, 0) is 22.4 Å². The molecule has 18 heavy (non-hydrogen) atoms. The third kappa shape index (κ3) is 2.90. The van der Waals surface area contributed by atoms with Crippen molar-refractivity contribution in [1.82, 2.24) is 14.8 Å². The van der Waals surface area contributed by atoms with Crippen LogP contribution in [0.15, 0.2) is 0 Å². The van der Waals surface area contributed by atoms with E-state index in [1.165, 1.54) is 6.42 Å². The van der Waals surface area contributed by atoms with Crippen LogP contribution in [-0.4, -0.2) is 35.1 Å². The fourth-order valence-corrected chi connectivity index (χ4v) is 2.35. The molecular formula is C13H23N3O2. The SMILES string of the molecule is COCCO[C@@H](C)c1nnc2n1CC(C)(C)CC2. The summed E-state index contributed by atoms with van der Waals surface area (Å²) >= 11 is 0. The first kappa shape index (κ1) is 13.5. The number of aryl methyl sites for hydroxylation is 1. The lowest BCUT2D eigenvalue weighted by Crippen LogP contribution is -2.29. The Bertz CT molecular complexity index is 401. The molecule has 0 spiro atoms. The van der Waals surface area contributed by atoms with Gasteiger partial charge in [0.25, 0.3) is 0 Å². The lowest BCUT2D eigenvalue weighted by molar-refractivity contribution is 0.0183. The minimum atomic E-state index is -0.0321. The molecule has 0 fully saturated rings. The van der Waals surface area contributed by atoms with Gasteiger partial charge in [0.2, 0.25) is 0 Å². The van der Waals surface area contributed by atoms with Crippen LogP contribution in [0.25, 0.3) is 0 Å². The number of ether oxygens (including phenoxy) is 2. The molecule has 0 N–H and O–H groups in total. The third-order valence-corrected chi connectivity index (χ3v) is 3.49. The standard InChI is InChI=1S/C13H23N3O2/c1-10(18-8-7-17-4)12-15-14-11-5-6-13(2,3)9-16(11)12/h10H,5-9H2,1-4H3/t10-/m0/s1. The number of aromatic nitrogens is 3. The van der Waals surface area contributed by atoms with Gasteiger partial charge in [-0.3, -0.25) is 0 Å². The predicted molar refractivity (Wildman–Crippen MR) is 68.4 cm³/mol. The van der Waals surface area contributed by atoms with E-state index in [1.807, 2.05) is 6.92 Å². The summed E-state index contributed by atoms with van der Waals surface area (Å²) in [5.74, 6) is 2.03. The first-order valence-corrected chi connectivity index (χ1v) is 6.56. The molecule has 0 saturated carbocycles. The fraction of sp³-hybridized carbons (Fsp3) is 0.846. The van der Waals surface area contributed by atoms with Crippen molar-refractivity contribution in [3.05, 3.63) is 11.6 Å². The summed E-state index contributed by atoms with van der Waals surface area (Å²) in [5.41, 5.74) is 0.316. The van der Waals surface area contributed by atoms with Gasteiger partial charge >= 0.3 is 0 Å². The Hall–Kier alpha value is -0.940. The highest BCUT2D eigenvalue weighted by Gasteiger charge is 2.29. The summed E-state index contributed by atoms with van der Waals surface area (Å²) in [6, 6.07) is 0. The second-order valence-electron chi connectivity index (χ2n) is 5.73. The molecule has 0 unspecified atom stereocenters. The highest BCUT2D eigenvalue weighted by molar-refractivity contribution is 5.03. The Labute approximate surface area is 108 Å². The van der Waals surface area contributed by atoms with Gasteiger partial charge in [-0.1, -0.05) is 13.8 Å². The molecule has 0 bridgehead atoms. The van der Waals surface area contributed by atoms with Crippen LogP contribution in [0.2, 0.25) is 0 Å². The summed E-state index contributed by atoms with van der Waals surface area (Å²) in [4.78, 5) is 0. The van der Waals surface area contributed by atoms with Crippen LogP contribution in [0, 0.1) is 5.41 Å². The fourth-order valence-electron chi connectivity index (χ4n) is 2.35. The van der Waals surface area contributed by atoms with E-state index in [2.05, 4.69) is 28.6 Å². The minimum Gasteiger partial charge on any atom is -0.382 e. The lowest BCUT2D eigenvalue weighted by atomic mass is 9.85. The predicted octanol–water partition coefficient (Wildman–Crippen LogP) is 1.97. The molecule has 0 aromatic carbocycles. The zero-order valence-corrected chi connectivity index (χ0v) is 11.8. The molecule has 102 valence electrons. The van der Waals surface area contributed by atoms with Crippen molar-refractivity contribution < 1.29 is 9.47 Å². The number of methoxy groups -OCH3 is 1. The second-order valence-corrected chi connectivity index (χ2v) is 5.73. The van der Waals surface area contributed by atoms with Gasteiger partial charge in [0.1, 0.15) is 11.9 Å². The Morgan fingerprint density at radius 2 is 2.11 bits per heavy atom. The zero-order valence-electron chi connectivity index (χ0n) is 11.8. The monoisotopic (exact) mass is 253 g/mol. The topological polar surface area (TPSA) is 49.2 Å². The zero-order chi connectivity index (χ0) is 13.2. The van der Waals surface area contributed by atoms with Crippen LogP contribution in [0.4, 0.5) is 0 Å². The normalized spacial score (nSPS) is 19.6. The molecule has 0 saturated heterocycles. The van der Waals surface area contributed by atoms with Crippen molar-refractivity contribution in [2.24, 2.45) is 5.41 Å². The van der Waals surface area contributed by atoms with E-state index in [0.29, 0.717) is 18.6 Å². The third-order valence-electron chi connectivity index (χ3n) is 3.49. The first-order chi connectivity index (χ1) is 8.53. The smallest absolute Gasteiger partial charge is 0.161 e. The summed E-state index contributed by atoms with van der Waals surface area (Å²) < 4.78 is 12.9. The number of hydrogen-bond acceptors (Lipinski definition) is 4. The summed E-state index contributed by atoms with van der Waals surface area (Å²) in [5, 5.41) is 8.56. The molecule has 2 heterocycles. The highest BCUT2D eigenvalue weighted by Crippen LogP contribution is 2.32. The van der Waals surface area contributed by atoms with Crippen molar-refractivity contribution in [1.29, 1.82) is 0 Å². The molecule has 1 aliphatic rings. The van der Waals surface area contributed by atoms with Gasteiger partial charge in [-0.25, -0.2) is 0 Å². The first-order valence-electron chi connectivity index (χ1n) is 6.56. The largest absolute Gasteiger partial charge is 0.382 e. The van der Waals surface area contributed by atoms with Gasteiger partial charge in [0.15, 0.2) is 5.82 Å². The maximum atomic E-state index is 5.71. The van der Waals surface area contributed by atoms with E-state index in [9.17, 15) is 0 Å². The number of fused-ring (bicyclic) bond motifs is 1. The molecular weight excluding hydrogens is 230 g/mol. The van der Waals surface area contributed by atoms with Crippen molar-refractivity contribution in [3.63, 3.8) is 0 Å². The lowest BCUT2D eigenvalue weighted by Gasteiger charge is -2.31. The molecule has 1 aromatic rings. The number of rotatable bonds is 5. The molecule has 1 aliphatic heterocycles. The number of hydrogen-bond donors (Lipinski definition) is 0. The molecule has 1 atom stereocenters. The summed E-state index contributed by atoms with van der Waals surface area (Å²) in [7, 11) is 1.68. The van der Waals surface area contributed by atoms with Gasteiger partial charge in [-0.15, -0.1) is 10.2 Å². The average molecular weight is 253 g/mol. The Balaban J connectivity index is 2.08. The van der Waals surface area contributed by atoms with Crippen LogP contribution in [0.3, 0.4) is 0 Å². The molecule has 2 rings (SSSR count). The summed E-state index contributed by atoms with van der Waals surface area (Å²) in [6.45, 7) is 8.77. The molecule has 0 aliphatic carbocycles. The Kier molecular flexibility index (Phi) is 4.02. The van der Waals surface area contributed by atoms with E-state index in [4.69, 9.17) is 9.47 Å². The van der Waals surface area contributed by atoms with Crippen molar-refractivity contribution in [2.45, 2.75) is 46.3 Å². The number of nitrogens with zero attached hydrogens (tertiary/aromatic N) is 3. The van der Waals surface area contributed by atoms with Gasteiger partial charge in [-0.2, -0.15) is 0 Å². The maximum Gasteiger partial charge on any atom is 0.161 e. The molecule has 5 heteroatoms. The Morgan fingerprint density at radius 1 is 1.33 bits per heavy atom. The van der Waals surface area contributed by atoms with Gasteiger partial charge in [-0.05, 0) is 18.8 Å². The van der Waals surface area contributed by atoms with Crippen molar-refractivity contribution in [2.75, 3.05) is 20.3 Å². The van der Waals surface area contributed by atoms with E-state index >= 15 is 0 Å². The minimum absolute atomic E-state index is 0.0321. The molecule has 5 nitrogen and oxygen atoms in total. The van der Waals surface area contributed by atoms with E-state index in [1.54, 1.807) is 7.11 Å². The van der Waals surface area contributed by atoms with E-state index in [0.717, 1.165) is 24.6 Å². The van der Waals surface area contributed by atoms with Crippen LogP contribution >= 0.6 is 0 Å². The van der Waals surface area contributed by atoms with Crippen molar-refractivity contribution in [3.8, 4) is 0 Å². The van der Waals surface area contributed by atoms with E-state index in [-0.39, 0.29) is 6.10 Å². The molecule has 0 amide bonds. The quantitative estimate of drug-likeness (QED) is 0.753. The maximum absolute atomic E-state index is 5.71. The van der Waals surface area contributed by atoms with Gasteiger partial charge in [0, 0.05) is 20.1 Å². The highest BCUT2D eigenvalue weighted by atomic mass is 16.5. The van der Waals surface area contributed by atoms with Crippen LogP contribution in [0.5, 0.6) is 0 Å². The van der Waals surface area contributed by atoms with Crippen molar-refractivity contribution >= 4 is 0 Å². The average Bonchev–Trinajstić information content (AvgIpc) is 2.70. The Morgan fingerprint density at radius 3 is 2.83 bits per heavy atom. The van der Waals surface area contributed by atoms with Gasteiger partial charge in [0.05, 0.1) is 13.2 Å². The molecule has 1 aromatic heterocycles. The summed E-state index contributed by atoms with van der Waals surface area (Å²) in [6.07, 6.45) is 2.14.